The van der Waals surface area contributed by atoms with E-state index in [1.807, 2.05) is 24.3 Å². The second-order valence-electron chi connectivity index (χ2n) is 4.97. The Hall–Kier alpha value is -1.51. The fourth-order valence-corrected chi connectivity index (χ4v) is 2.36. The fraction of sp³-hybridized carbons (Fsp3) is 0.500. The van der Waals surface area contributed by atoms with Crippen LogP contribution in [0.15, 0.2) is 24.3 Å². The minimum absolute atomic E-state index is 0.0739. The predicted molar refractivity (Wildman–Crippen MR) is 65.3 cm³/mol. The average molecular weight is 234 g/mol. The fourth-order valence-electron chi connectivity index (χ4n) is 2.36. The van der Waals surface area contributed by atoms with Crippen molar-refractivity contribution in [3.8, 4) is 5.75 Å². The molecule has 0 aliphatic carbocycles. The highest BCUT2D eigenvalue weighted by Gasteiger charge is 2.30. The van der Waals surface area contributed by atoms with Gasteiger partial charge < -0.3 is 9.84 Å². The summed E-state index contributed by atoms with van der Waals surface area (Å²) in [4.78, 5) is 10.9. The Labute approximate surface area is 101 Å². The highest BCUT2D eigenvalue weighted by Crippen LogP contribution is 2.39. The van der Waals surface area contributed by atoms with Gasteiger partial charge in [0.1, 0.15) is 11.9 Å². The second kappa shape index (κ2) is 4.78. The molecule has 0 radical (unpaired) electrons. The van der Waals surface area contributed by atoms with Crippen molar-refractivity contribution in [2.24, 2.45) is 5.92 Å². The third kappa shape index (κ3) is 2.60. The van der Waals surface area contributed by atoms with Gasteiger partial charge in [0.15, 0.2) is 0 Å². The van der Waals surface area contributed by atoms with E-state index >= 15 is 0 Å². The van der Waals surface area contributed by atoms with Crippen molar-refractivity contribution in [1.29, 1.82) is 0 Å². The normalized spacial score (nSPS) is 23.0. The maximum absolute atomic E-state index is 10.9. The van der Waals surface area contributed by atoms with Gasteiger partial charge in [-0.15, -0.1) is 0 Å². The van der Waals surface area contributed by atoms with E-state index in [1.54, 1.807) is 0 Å². The van der Waals surface area contributed by atoms with E-state index in [0.717, 1.165) is 17.7 Å². The third-order valence-electron chi connectivity index (χ3n) is 3.32. The molecule has 0 aromatic heterocycles. The summed E-state index contributed by atoms with van der Waals surface area (Å²) in [5, 5.41) is 8.98. The molecule has 0 spiro atoms. The van der Waals surface area contributed by atoms with E-state index in [1.165, 1.54) is 0 Å². The molecule has 3 nitrogen and oxygen atoms in total. The molecule has 1 heterocycles. The molecule has 1 N–H and O–H groups in total. The van der Waals surface area contributed by atoms with E-state index in [2.05, 4.69) is 13.8 Å². The largest absolute Gasteiger partial charge is 0.490 e. The van der Waals surface area contributed by atoms with Gasteiger partial charge in [-0.1, -0.05) is 32.0 Å². The van der Waals surface area contributed by atoms with Crippen LogP contribution in [0.5, 0.6) is 5.75 Å². The molecule has 0 fully saturated rings. The van der Waals surface area contributed by atoms with Crippen LogP contribution < -0.4 is 4.74 Å². The van der Waals surface area contributed by atoms with Crippen molar-refractivity contribution in [1.82, 2.24) is 0 Å². The summed E-state index contributed by atoms with van der Waals surface area (Å²) in [5.41, 5.74) is 1.03. The standard InChI is InChI=1S/C14H18O3/c1-9(2)13-7-10(8-14(15)16)11-5-3-4-6-12(11)17-13/h3-6,9-10,13H,7-8H2,1-2H3,(H,15,16)/t10?,13-/m1/s1. The molecule has 0 saturated carbocycles. The van der Waals surface area contributed by atoms with Gasteiger partial charge in [-0.25, -0.2) is 0 Å². The molecule has 92 valence electrons. The van der Waals surface area contributed by atoms with Crippen LogP contribution in [0, 0.1) is 5.92 Å². The van der Waals surface area contributed by atoms with E-state index in [0.29, 0.717) is 5.92 Å². The van der Waals surface area contributed by atoms with Gasteiger partial charge in [-0.3, -0.25) is 4.79 Å². The zero-order chi connectivity index (χ0) is 12.4. The lowest BCUT2D eigenvalue weighted by molar-refractivity contribution is -0.137. The van der Waals surface area contributed by atoms with Gasteiger partial charge >= 0.3 is 5.97 Å². The summed E-state index contributed by atoms with van der Waals surface area (Å²) in [7, 11) is 0. The van der Waals surface area contributed by atoms with Crippen molar-refractivity contribution < 1.29 is 14.6 Å². The molecule has 17 heavy (non-hydrogen) atoms. The Kier molecular flexibility index (Phi) is 3.36. The first-order valence-corrected chi connectivity index (χ1v) is 6.05. The number of hydrogen-bond donors (Lipinski definition) is 1. The summed E-state index contributed by atoms with van der Waals surface area (Å²) in [5.74, 6) is 0.586. The van der Waals surface area contributed by atoms with Gasteiger partial charge in [0, 0.05) is 5.92 Å². The zero-order valence-electron chi connectivity index (χ0n) is 10.2. The van der Waals surface area contributed by atoms with Gasteiger partial charge in [0.25, 0.3) is 0 Å². The summed E-state index contributed by atoms with van der Waals surface area (Å²) in [6.45, 7) is 4.22. The first kappa shape index (κ1) is 12.0. The number of ether oxygens (including phenoxy) is 1. The molecule has 2 rings (SSSR count). The van der Waals surface area contributed by atoms with E-state index in [-0.39, 0.29) is 18.4 Å². The van der Waals surface area contributed by atoms with Crippen molar-refractivity contribution >= 4 is 5.97 Å². The molecule has 0 amide bonds. The summed E-state index contributed by atoms with van der Waals surface area (Å²) >= 11 is 0. The Morgan fingerprint density at radius 2 is 2.18 bits per heavy atom. The topological polar surface area (TPSA) is 46.5 Å². The third-order valence-corrected chi connectivity index (χ3v) is 3.32. The molecule has 1 aromatic carbocycles. The van der Waals surface area contributed by atoms with Crippen molar-refractivity contribution in [2.75, 3.05) is 0 Å². The van der Waals surface area contributed by atoms with Crippen molar-refractivity contribution in [3.63, 3.8) is 0 Å². The van der Waals surface area contributed by atoms with Crippen molar-refractivity contribution in [2.45, 2.75) is 38.7 Å². The van der Waals surface area contributed by atoms with E-state index in [4.69, 9.17) is 9.84 Å². The van der Waals surface area contributed by atoms with Gasteiger partial charge in [-0.2, -0.15) is 0 Å². The highest BCUT2D eigenvalue weighted by atomic mass is 16.5. The van der Waals surface area contributed by atoms with Crippen LogP contribution in [0.4, 0.5) is 0 Å². The average Bonchev–Trinajstić information content (AvgIpc) is 2.28. The molecule has 2 atom stereocenters. The Bertz CT molecular complexity index is 412. The molecule has 1 unspecified atom stereocenters. The molecule has 1 aliphatic rings. The van der Waals surface area contributed by atoms with Crippen LogP contribution in [0.2, 0.25) is 0 Å². The smallest absolute Gasteiger partial charge is 0.303 e. The lowest BCUT2D eigenvalue weighted by Gasteiger charge is -2.33. The van der Waals surface area contributed by atoms with Gasteiger partial charge in [0.05, 0.1) is 6.42 Å². The zero-order valence-corrected chi connectivity index (χ0v) is 10.2. The minimum atomic E-state index is -0.741. The van der Waals surface area contributed by atoms with Crippen LogP contribution in [0.1, 0.15) is 38.2 Å². The molecular formula is C14H18O3. The summed E-state index contributed by atoms with van der Waals surface area (Å²) in [6, 6.07) is 7.77. The number of aliphatic carboxylic acids is 1. The van der Waals surface area contributed by atoms with E-state index in [9.17, 15) is 4.79 Å². The van der Waals surface area contributed by atoms with Crippen LogP contribution in [-0.4, -0.2) is 17.2 Å². The van der Waals surface area contributed by atoms with Gasteiger partial charge in [0.2, 0.25) is 0 Å². The van der Waals surface area contributed by atoms with Crippen LogP contribution in [0.25, 0.3) is 0 Å². The predicted octanol–water partition coefficient (Wildman–Crippen LogP) is 3.05. The number of carboxylic acids is 1. The lowest BCUT2D eigenvalue weighted by atomic mass is 9.84. The molecule has 1 aliphatic heterocycles. The van der Waals surface area contributed by atoms with Crippen LogP contribution >= 0.6 is 0 Å². The quantitative estimate of drug-likeness (QED) is 0.874. The maximum Gasteiger partial charge on any atom is 0.303 e. The number of rotatable bonds is 3. The second-order valence-corrected chi connectivity index (χ2v) is 4.97. The van der Waals surface area contributed by atoms with Crippen LogP contribution in [0.3, 0.4) is 0 Å². The number of carbonyl (C=O) groups is 1. The SMILES string of the molecule is CC(C)[C@H]1CC(CC(=O)O)c2ccccc2O1. The number of fused-ring (bicyclic) bond motifs is 1. The molecule has 0 bridgehead atoms. The monoisotopic (exact) mass is 234 g/mol. The lowest BCUT2D eigenvalue weighted by Crippen LogP contribution is -2.31. The Balaban J connectivity index is 2.28. The number of benzene rings is 1. The highest BCUT2D eigenvalue weighted by molar-refractivity contribution is 5.68. The van der Waals surface area contributed by atoms with Crippen LogP contribution in [-0.2, 0) is 4.79 Å². The van der Waals surface area contributed by atoms with E-state index < -0.39 is 5.97 Å². The molecule has 3 heteroatoms. The Morgan fingerprint density at radius 3 is 2.82 bits per heavy atom. The Morgan fingerprint density at radius 1 is 1.47 bits per heavy atom. The summed E-state index contributed by atoms with van der Waals surface area (Å²) in [6.07, 6.45) is 1.10. The molecule has 0 saturated heterocycles. The molecule has 1 aromatic rings. The first-order valence-electron chi connectivity index (χ1n) is 6.05. The van der Waals surface area contributed by atoms with Gasteiger partial charge in [-0.05, 0) is 24.0 Å². The first-order chi connectivity index (χ1) is 8.08. The van der Waals surface area contributed by atoms with Crippen molar-refractivity contribution in [3.05, 3.63) is 29.8 Å². The molecular weight excluding hydrogens is 216 g/mol. The maximum atomic E-state index is 10.9. The minimum Gasteiger partial charge on any atom is -0.490 e. The number of para-hydroxylation sites is 1. The summed E-state index contributed by atoms with van der Waals surface area (Å²) < 4.78 is 5.91. The number of carboxylic acid groups (broad SMARTS) is 1. The number of hydrogen-bond acceptors (Lipinski definition) is 2.